The minimum atomic E-state index is -0.245. The Morgan fingerprint density at radius 1 is 1.00 bits per heavy atom. The summed E-state index contributed by atoms with van der Waals surface area (Å²) in [6.45, 7) is 1.16. The second kappa shape index (κ2) is 8.45. The molecule has 5 nitrogen and oxygen atoms in total. The largest absolute Gasteiger partial charge is 0.374 e. The van der Waals surface area contributed by atoms with Crippen LogP contribution in [0.3, 0.4) is 0 Å². The van der Waals surface area contributed by atoms with Gasteiger partial charge in [0, 0.05) is 11.0 Å². The molecule has 0 bridgehead atoms. The van der Waals surface area contributed by atoms with Gasteiger partial charge < -0.3 is 15.0 Å². The topological polar surface area (TPSA) is 58.6 Å². The van der Waals surface area contributed by atoms with E-state index in [0.29, 0.717) is 30.0 Å². The van der Waals surface area contributed by atoms with Crippen LogP contribution in [-0.4, -0.2) is 42.0 Å². The Kier molecular flexibility index (Phi) is 5.78. The van der Waals surface area contributed by atoms with Crippen molar-refractivity contribution in [3.05, 3.63) is 64.1 Å². The minimum absolute atomic E-state index is 0.0387. The lowest BCUT2D eigenvalue weighted by atomic mass is 9.89. The summed E-state index contributed by atoms with van der Waals surface area (Å²) < 4.78 is 6.61. The molecule has 2 amide bonds. The molecule has 146 valence electrons. The zero-order valence-electron chi connectivity index (χ0n) is 15.6. The van der Waals surface area contributed by atoms with Crippen molar-refractivity contribution < 1.29 is 14.3 Å². The van der Waals surface area contributed by atoms with E-state index in [1.165, 1.54) is 0 Å². The van der Waals surface area contributed by atoms with Crippen LogP contribution in [0, 0.1) is 0 Å². The number of ether oxygens (including phenoxy) is 1. The average molecular weight is 443 g/mol. The lowest BCUT2D eigenvalue weighted by Crippen LogP contribution is -2.54. The summed E-state index contributed by atoms with van der Waals surface area (Å²) in [6.07, 6.45) is 4.39. The summed E-state index contributed by atoms with van der Waals surface area (Å²) in [4.78, 5) is 28.0. The Balaban J connectivity index is 1.58. The number of nitrogens with one attached hydrogen (secondary N) is 1. The molecular formula is C22H23BrN2O3. The highest BCUT2D eigenvalue weighted by Gasteiger charge is 2.37. The van der Waals surface area contributed by atoms with Gasteiger partial charge in [-0.25, -0.2) is 0 Å². The summed E-state index contributed by atoms with van der Waals surface area (Å²) in [5.74, 6) is -0.284. The van der Waals surface area contributed by atoms with E-state index in [1.54, 1.807) is 18.2 Å². The molecule has 4 rings (SSSR count). The van der Waals surface area contributed by atoms with Crippen LogP contribution in [0.15, 0.2) is 53.0 Å². The third kappa shape index (κ3) is 3.84. The van der Waals surface area contributed by atoms with Gasteiger partial charge in [0.2, 0.25) is 0 Å². The molecule has 6 heteroatoms. The first-order valence-electron chi connectivity index (χ1n) is 9.72. The van der Waals surface area contributed by atoms with Gasteiger partial charge in [-0.15, -0.1) is 0 Å². The van der Waals surface area contributed by atoms with E-state index in [0.717, 1.165) is 30.2 Å². The zero-order valence-corrected chi connectivity index (χ0v) is 17.2. The SMILES string of the molecule is O=C(Nc1ccccc1C(=O)N1CCOC2CCCCC21)c1ccccc1Br. The molecule has 1 aliphatic heterocycles. The van der Waals surface area contributed by atoms with Crippen molar-refractivity contribution in [3.63, 3.8) is 0 Å². The molecule has 2 atom stereocenters. The number of carbonyl (C=O) groups excluding carboxylic acids is 2. The quantitative estimate of drug-likeness (QED) is 0.761. The standard InChI is InChI=1S/C22H23BrN2O3/c23-17-9-3-1-7-15(17)21(26)24-18-10-4-2-8-16(18)22(27)25-13-14-28-20-12-6-5-11-19(20)25/h1-4,7-10,19-20H,5-6,11-14H2,(H,24,26). The number of rotatable bonds is 3. The predicted molar refractivity (Wildman–Crippen MR) is 112 cm³/mol. The van der Waals surface area contributed by atoms with Crippen molar-refractivity contribution in [2.24, 2.45) is 0 Å². The summed E-state index contributed by atoms with van der Waals surface area (Å²) in [5, 5.41) is 2.91. The maximum atomic E-state index is 13.4. The van der Waals surface area contributed by atoms with Crippen LogP contribution in [0.4, 0.5) is 5.69 Å². The molecule has 1 saturated carbocycles. The molecule has 28 heavy (non-hydrogen) atoms. The fourth-order valence-electron chi connectivity index (χ4n) is 4.12. The van der Waals surface area contributed by atoms with E-state index in [1.807, 2.05) is 35.2 Å². The fourth-order valence-corrected chi connectivity index (χ4v) is 4.58. The normalized spacial score (nSPS) is 21.7. The molecule has 2 unspecified atom stereocenters. The van der Waals surface area contributed by atoms with E-state index in [4.69, 9.17) is 4.74 Å². The van der Waals surface area contributed by atoms with Crippen LogP contribution < -0.4 is 5.32 Å². The summed E-state index contributed by atoms with van der Waals surface area (Å²) >= 11 is 3.41. The molecule has 2 fully saturated rings. The van der Waals surface area contributed by atoms with Crippen LogP contribution in [-0.2, 0) is 4.74 Å². The van der Waals surface area contributed by atoms with Gasteiger partial charge >= 0.3 is 0 Å². The highest BCUT2D eigenvalue weighted by molar-refractivity contribution is 9.10. The number of morpholine rings is 1. The predicted octanol–water partition coefficient (Wildman–Crippen LogP) is 4.49. The van der Waals surface area contributed by atoms with Crippen LogP contribution in [0.1, 0.15) is 46.4 Å². The van der Waals surface area contributed by atoms with Gasteiger partial charge in [-0.05, 0) is 53.0 Å². The molecular weight excluding hydrogens is 420 g/mol. The third-order valence-corrected chi connectivity index (χ3v) is 6.21. The molecule has 2 aromatic carbocycles. The van der Waals surface area contributed by atoms with Crippen LogP contribution in [0.2, 0.25) is 0 Å². The van der Waals surface area contributed by atoms with Gasteiger partial charge in [0.15, 0.2) is 0 Å². The smallest absolute Gasteiger partial charge is 0.256 e. The number of amides is 2. The minimum Gasteiger partial charge on any atom is -0.374 e. The van der Waals surface area contributed by atoms with E-state index in [2.05, 4.69) is 21.2 Å². The number of anilines is 1. The number of nitrogens with zero attached hydrogens (tertiary/aromatic N) is 1. The van der Waals surface area contributed by atoms with Crippen molar-refractivity contribution in [2.45, 2.75) is 37.8 Å². The maximum Gasteiger partial charge on any atom is 0.256 e. The van der Waals surface area contributed by atoms with Crippen LogP contribution in [0.25, 0.3) is 0 Å². The van der Waals surface area contributed by atoms with Crippen molar-refractivity contribution in [1.29, 1.82) is 0 Å². The molecule has 0 aromatic heterocycles. The van der Waals surface area contributed by atoms with Crippen molar-refractivity contribution >= 4 is 33.4 Å². The van der Waals surface area contributed by atoms with Crippen molar-refractivity contribution in [2.75, 3.05) is 18.5 Å². The van der Waals surface area contributed by atoms with Gasteiger partial charge in [-0.1, -0.05) is 37.1 Å². The second-order valence-corrected chi connectivity index (χ2v) is 8.09. The number of carbonyl (C=O) groups is 2. The van der Waals surface area contributed by atoms with Gasteiger partial charge in [-0.3, -0.25) is 9.59 Å². The Bertz CT molecular complexity index is 884. The Hall–Kier alpha value is -2.18. The number of para-hydroxylation sites is 1. The van der Waals surface area contributed by atoms with E-state index in [9.17, 15) is 9.59 Å². The monoisotopic (exact) mass is 442 g/mol. The zero-order chi connectivity index (χ0) is 19.5. The first-order chi connectivity index (χ1) is 13.6. The first kappa shape index (κ1) is 19.2. The highest BCUT2D eigenvalue weighted by atomic mass is 79.9. The van der Waals surface area contributed by atoms with E-state index in [-0.39, 0.29) is 24.0 Å². The number of fused-ring (bicyclic) bond motifs is 1. The fraction of sp³-hybridized carbons (Fsp3) is 0.364. The molecule has 1 aliphatic carbocycles. The van der Waals surface area contributed by atoms with Gasteiger partial charge in [0.05, 0.1) is 35.6 Å². The van der Waals surface area contributed by atoms with Crippen molar-refractivity contribution in [1.82, 2.24) is 4.90 Å². The Morgan fingerprint density at radius 2 is 1.71 bits per heavy atom. The number of hydrogen-bond donors (Lipinski definition) is 1. The molecule has 2 aromatic rings. The van der Waals surface area contributed by atoms with Gasteiger partial charge in [0.25, 0.3) is 11.8 Å². The summed E-state index contributed by atoms with van der Waals surface area (Å²) in [7, 11) is 0. The first-order valence-corrected chi connectivity index (χ1v) is 10.5. The molecule has 1 heterocycles. The molecule has 1 N–H and O–H groups in total. The lowest BCUT2D eigenvalue weighted by Gasteiger charge is -2.44. The molecule has 0 spiro atoms. The Morgan fingerprint density at radius 3 is 2.54 bits per heavy atom. The van der Waals surface area contributed by atoms with E-state index >= 15 is 0 Å². The highest BCUT2D eigenvalue weighted by Crippen LogP contribution is 2.30. The summed E-state index contributed by atoms with van der Waals surface area (Å²) in [6, 6.07) is 14.6. The second-order valence-electron chi connectivity index (χ2n) is 7.24. The van der Waals surface area contributed by atoms with E-state index < -0.39 is 0 Å². The van der Waals surface area contributed by atoms with Crippen molar-refractivity contribution in [3.8, 4) is 0 Å². The van der Waals surface area contributed by atoms with Gasteiger partial charge in [-0.2, -0.15) is 0 Å². The van der Waals surface area contributed by atoms with Gasteiger partial charge in [0.1, 0.15) is 0 Å². The average Bonchev–Trinajstić information content (AvgIpc) is 2.73. The lowest BCUT2D eigenvalue weighted by molar-refractivity contribution is -0.0752. The number of hydrogen-bond acceptors (Lipinski definition) is 3. The number of benzene rings is 2. The third-order valence-electron chi connectivity index (χ3n) is 5.52. The Labute approximate surface area is 173 Å². The molecule has 1 saturated heterocycles. The van der Waals surface area contributed by atoms with Crippen LogP contribution in [0.5, 0.6) is 0 Å². The molecule has 2 aliphatic rings. The molecule has 0 radical (unpaired) electrons. The maximum absolute atomic E-state index is 13.4. The summed E-state index contributed by atoms with van der Waals surface area (Å²) in [5.41, 5.74) is 1.59. The number of halogens is 1. The van der Waals surface area contributed by atoms with Crippen LogP contribution >= 0.6 is 15.9 Å².